The highest BCUT2D eigenvalue weighted by Crippen LogP contribution is 2.24. The van der Waals surface area contributed by atoms with Gasteiger partial charge in [-0.3, -0.25) is 19.8 Å². The molecule has 0 amide bonds. The first-order chi connectivity index (χ1) is 9.81. The minimum Gasteiger partial charge on any atom is -0.398 e. The molecule has 0 aliphatic rings. The Morgan fingerprint density at radius 2 is 2.05 bits per heavy atom. The monoisotopic (exact) mass is 308 g/mol. The molecule has 1 aromatic carbocycles. The van der Waals surface area contributed by atoms with Gasteiger partial charge in [0.15, 0.2) is 0 Å². The second kappa shape index (κ2) is 5.37. The van der Waals surface area contributed by atoms with E-state index in [0.717, 1.165) is 6.20 Å². The molecule has 0 aliphatic heterocycles. The van der Waals surface area contributed by atoms with Crippen LogP contribution in [0.1, 0.15) is 5.56 Å². The van der Waals surface area contributed by atoms with Crippen LogP contribution in [0.15, 0.2) is 41.6 Å². The summed E-state index contributed by atoms with van der Waals surface area (Å²) in [5, 5.41) is 10.7. The predicted octanol–water partition coefficient (Wildman–Crippen LogP) is 1.68. The molecule has 8 nitrogen and oxygen atoms in total. The molecule has 2 aromatic rings. The maximum absolute atomic E-state index is 12.2. The van der Waals surface area contributed by atoms with Crippen LogP contribution in [0.2, 0.25) is 0 Å². The van der Waals surface area contributed by atoms with E-state index in [9.17, 15) is 18.5 Å². The normalized spacial score (nSPS) is 11.1. The van der Waals surface area contributed by atoms with Crippen molar-refractivity contribution in [2.45, 2.75) is 11.8 Å². The number of hydrogen-bond acceptors (Lipinski definition) is 6. The summed E-state index contributed by atoms with van der Waals surface area (Å²) in [6.45, 7) is 1.52. The molecule has 0 unspecified atom stereocenters. The van der Waals surface area contributed by atoms with Gasteiger partial charge in [0, 0.05) is 29.7 Å². The number of anilines is 2. The largest absolute Gasteiger partial charge is 0.398 e. The van der Waals surface area contributed by atoms with Gasteiger partial charge in [0.05, 0.1) is 10.6 Å². The van der Waals surface area contributed by atoms with Crippen LogP contribution in [0.5, 0.6) is 0 Å². The summed E-state index contributed by atoms with van der Waals surface area (Å²) in [6, 6.07) is 5.30. The Balaban J connectivity index is 2.36. The van der Waals surface area contributed by atoms with Crippen molar-refractivity contribution < 1.29 is 13.3 Å². The third-order valence-electron chi connectivity index (χ3n) is 2.75. The molecule has 21 heavy (non-hydrogen) atoms. The van der Waals surface area contributed by atoms with Gasteiger partial charge in [0.1, 0.15) is 4.90 Å². The van der Waals surface area contributed by atoms with Crippen molar-refractivity contribution in [3.05, 3.63) is 52.3 Å². The topological polar surface area (TPSA) is 128 Å². The number of sulfonamides is 1. The van der Waals surface area contributed by atoms with E-state index in [1.807, 2.05) is 0 Å². The number of pyridine rings is 1. The van der Waals surface area contributed by atoms with Crippen LogP contribution < -0.4 is 10.5 Å². The molecule has 1 heterocycles. The maximum Gasteiger partial charge on any atom is 0.272 e. The van der Waals surface area contributed by atoms with Gasteiger partial charge in [-0.15, -0.1) is 0 Å². The van der Waals surface area contributed by atoms with Crippen LogP contribution in [-0.2, 0) is 10.0 Å². The van der Waals surface area contributed by atoms with E-state index < -0.39 is 14.9 Å². The molecule has 0 spiro atoms. The number of nitrogen functional groups attached to an aromatic ring is 1. The van der Waals surface area contributed by atoms with Crippen LogP contribution in [0.4, 0.5) is 17.1 Å². The van der Waals surface area contributed by atoms with Gasteiger partial charge in [0.25, 0.3) is 15.7 Å². The summed E-state index contributed by atoms with van der Waals surface area (Å²) in [7, 11) is -3.90. The van der Waals surface area contributed by atoms with Crippen molar-refractivity contribution in [2.75, 3.05) is 10.5 Å². The molecule has 0 saturated carbocycles. The number of benzene rings is 1. The molecule has 0 bridgehead atoms. The van der Waals surface area contributed by atoms with Crippen LogP contribution in [0.25, 0.3) is 0 Å². The third-order valence-corrected chi connectivity index (χ3v) is 4.18. The number of nitrogens with zero attached hydrogens (tertiary/aromatic N) is 2. The van der Waals surface area contributed by atoms with Gasteiger partial charge in [-0.2, -0.15) is 0 Å². The molecule has 0 radical (unpaired) electrons. The zero-order valence-corrected chi connectivity index (χ0v) is 11.8. The Hall–Kier alpha value is -2.68. The molecule has 0 atom stereocenters. The van der Waals surface area contributed by atoms with Gasteiger partial charge >= 0.3 is 0 Å². The summed E-state index contributed by atoms with van der Waals surface area (Å²) >= 11 is 0. The number of rotatable bonds is 4. The van der Waals surface area contributed by atoms with Crippen molar-refractivity contribution in [1.82, 2.24) is 4.98 Å². The van der Waals surface area contributed by atoms with Crippen LogP contribution in [0.3, 0.4) is 0 Å². The Kier molecular flexibility index (Phi) is 3.76. The third kappa shape index (κ3) is 3.08. The fourth-order valence-corrected chi connectivity index (χ4v) is 2.87. The lowest BCUT2D eigenvalue weighted by Gasteiger charge is -2.10. The number of nitrogens with two attached hydrogens (primary N) is 1. The molecule has 2 rings (SSSR count). The van der Waals surface area contributed by atoms with Crippen LogP contribution in [-0.4, -0.2) is 18.3 Å². The van der Waals surface area contributed by atoms with E-state index >= 15 is 0 Å². The summed E-state index contributed by atoms with van der Waals surface area (Å²) in [5.41, 5.74) is 6.14. The van der Waals surface area contributed by atoms with Gasteiger partial charge < -0.3 is 5.73 Å². The van der Waals surface area contributed by atoms with Crippen LogP contribution >= 0.6 is 0 Å². The zero-order chi connectivity index (χ0) is 15.6. The lowest BCUT2D eigenvalue weighted by Crippen LogP contribution is -2.15. The number of hydrogen-bond donors (Lipinski definition) is 2. The first-order valence-corrected chi connectivity index (χ1v) is 7.27. The van der Waals surface area contributed by atoms with E-state index in [1.54, 1.807) is 0 Å². The Morgan fingerprint density at radius 3 is 2.62 bits per heavy atom. The average molecular weight is 308 g/mol. The highest BCUT2D eigenvalue weighted by molar-refractivity contribution is 7.92. The Labute approximate surface area is 120 Å². The van der Waals surface area contributed by atoms with E-state index in [0.29, 0.717) is 5.56 Å². The van der Waals surface area contributed by atoms with Crippen molar-refractivity contribution in [1.29, 1.82) is 0 Å². The fraction of sp³-hybridized carbons (Fsp3) is 0.0833. The molecule has 1 aromatic heterocycles. The molecular weight excluding hydrogens is 296 g/mol. The predicted molar refractivity (Wildman–Crippen MR) is 77.3 cm³/mol. The number of nitrogens with one attached hydrogen (secondary N) is 1. The molecule has 0 saturated heterocycles. The summed E-state index contributed by atoms with van der Waals surface area (Å²) in [4.78, 5) is 13.8. The van der Waals surface area contributed by atoms with E-state index in [2.05, 4.69) is 9.71 Å². The summed E-state index contributed by atoms with van der Waals surface area (Å²) in [6.07, 6.45) is 2.51. The first-order valence-electron chi connectivity index (χ1n) is 5.78. The summed E-state index contributed by atoms with van der Waals surface area (Å²) < 4.78 is 26.7. The quantitative estimate of drug-likeness (QED) is 0.653. The van der Waals surface area contributed by atoms with Gasteiger partial charge in [-0.25, -0.2) is 8.42 Å². The number of aromatic nitrogens is 1. The van der Waals surface area contributed by atoms with Crippen molar-refractivity contribution in [3.8, 4) is 0 Å². The lowest BCUT2D eigenvalue weighted by molar-refractivity contribution is -0.385. The minimum atomic E-state index is -3.90. The van der Waals surface area contributed by atoms with Crippen molar-refractivity contribution in [3.63, 3.8) is 0 Å². The van der Waals surface area contributed by atoms with E-state index in [4.69, 9.17) is 5.73 Å². The number of aryl methyl sites for hydroxylation is 1. The molecule has 0 aliphatic carbocycles. The molecule has 9 heteroatoms. The standard InChI is InChI=1S/C12H12N4O4S/c1-8-6-9(2-3-11(8)16(17)18)15-21(19,20)12-7-14-5-4-10(12)13/h2-7,15H,1H3,(H2,13,14). The fourth-order valence-electron chi connectivity index (χ4n) is 1.75. The van der Waals surface area contributed by atoms with Crippen molar-refractivity contribution >= 4 is 27.1 Å². The van der Waals surface area contributed by atoms with E-state index in [1.165, 1.54) is 37.4 Å². The second-order valence-electron chi connectivity index (χ2n) is 4.28. The Bertz CT molecular complexity index is 805. The average Bonchev–Trinajstić information content (AvgIpc) is 2.38. The lowest BCUT2D eigenvalue weighted by atomic mass is 10.2. The summed E-state index contributed by atoms with van der Waals surface area (Å²) in [5.74, 6) is 0. The number of nitro benzene ring substituents is 1. The SMILES string of the molecule is Cc1cc(NS(=O)(=O)c2cnccc2N)ccc1[N+](=O)[O-]. The smallest absolute Gasteiger partial charge is 0.272 e. The molecular formula is C12H12N4O4S. The first kappa shape index (κ1) is 14.7. The molecule has 110 valence electrons. The maximum atomic E-state index is 12.2. The molecule has 0 fully saturated rings. The number of nitro groups is 1. The highest BCUT2D eigenvalue weighted by atomic mass is 32.2. The molecule has 3 N–H and O–H groups in total. The van der Waals surface area contributed by atoms with Gasteiger partial charge in [0.2, 0.25) is 0 Å². The highest BCUT2D eigenvalue weighted by Gasteiger charge is 2.19. The van der Waals surface area contributed by atoms with E-state index in [-0.39, 0.29) is 22.0 Å². The van der Waals surface area contributed by atoms with Gasteiger partial charge in [-0.05, 0) is 25.1 Å². The van der Waals surface area contributed by atoms with Crippen molar-refractivity contribution in [2.24, 2.45) is 0 Å². The second-order valence-corrected chi connectivity index (χ2v) is 5.93. The Morgan fingerprint density at radius 1 is 1.33 bits per heavy atom. The van der Waals surface area contributed by atoms with Gasteiger partial charge in [-0.1, -0.05) is 0 Å². The van der Waals surface area contributed by atoms with Crippen LogP contribution in [0, 0.1) is 17.0 Å². The minimum absolute atomic E-state index is 0.0659. The zero-order valence-electron chi connectivity index (χ0n) is 11.0.